The van der Waals surface area contributed by atoms with Crippen molar-refractivity contribution in [2.75, 3.05) is 18.0 Å². The Hall–Kier alpha value is -3.74. The van der Waals surface area contributed by atoms with Crippen molar-refractivity contribution in [2.24, 2.45) is 11.7 Å². The number of aryl methyl sites for hydroxylation is 2. The zero-order valence-corrected chi connectivity index (χ0v) is 18.9. The molecule has 1 aromatic carbocycles. The van der Waals surface area contributed by atoms with Crippen molar-refractivity contribution in [3.8, 4) is 11.3 Å². The minimum absolute atomic E-state index is 0.208. The first-order valence-electron chi connectivity index (χ1n) is 11.2. The van der Waals surface area contributed by atoms with E-state index in [4.69, 9.17) is 5.73 Å². The van der Waals surface area contributed by atoms with Crippen LogP contribution in [0.4, 0.5) is 5.69 Å². The van der Waals surface area contributed by atoms with Crippen molar-refractivity contribution in [3.63, 3.8) is 0 Å². The Kier molecular flexibility index (Phi) is 5.32. The number of hydrogen-bond donors (Lipinski definition) is 1. The standard InChI is InChI=1S/C26H27N5O2/c1-16-9-17(2)29-24-15-31(14-22(16)24)25(32)10-18-12-30(13-18)21-7-8-28-23(11-21)19-3-5-20(6-4-19)26(27)33/h3-9,11,18H,10,12-15H2,1-2H3,(H2,27,33). The van der Waals surface area contributed by atoms with Gasteiger partial charge in [-0.2, -0.15) is 0 Å². The summed E-state index contributed by atoms with van der Waals surface area (Å²) in [6.07, 6.45) is 2.36. The summed E-state index contributed by atoms with van der Waals surface area (Å²) in [5, 5.41) is 0. The van der Waals surface area contributed by atoms with E-state index in [9.17, 15) is 9.59 Å². The molecule has 7 nitrogen and oxygen atoms in total. The van der Waals surface area contributed by atoms with Crippen molar-refractivity contribution in [2.45, 2.75) is 33.4 Å². The summed E-state index contributed by atoms with van der Waals surface area (Å²) in [5.74, 6) is 0.117. The van der Waals surface area contributed by atoms with Crippen LogP contribution in [-0.4, -0.2) is 39.8 Å². The zero-order valence-electron chi connectivity index (χ0n) is 18.9. The minimum atomic E-state index is -0.441. The number of carbonyl (C=O) groups is 2. The van der Waals surface area contributed by atoms with E-state index < -0.39 is 5.91 Å². The minimum Gasteiger partial charge on any atom is -0.371 e. The van der Waals surface area contributed by atoms with Gasteiger partial charge in [0, 0.05) is 60.7 Å². The third-order valence-corrected chi connectivity index (χ3v) is 6.60. The van der Waals surface area contributed by atoms with Crippen molar-refractivity contribution in [1.82, 2.24) is 14.9 Å². The van der Waals surface area contributed by atoms with Gasteiger partial charge in [-0.3, -0.25) is 19.6 Å². The molecule has 2 aliphatic rings. The highest BCUT2D eigenvalue weighted by atomic mass is 16.2. The summed E-state index contributed by atoms with van der Waals surface area (Å²) >= 11 is 0. The van der Waals surface area contributed by atoms with Crippen LogP contribution in [0.1, 0.15) is 39.3 Å². The molecular formula is C26H27N5O2. The lowest BCUT2D eigenvalue weighted by molar-refractivity contribution is -0.133. The van der Waals surface area contributed by atoms with Crippen molar-refractivity contribution in [3.05, 3.63) is 76.7 Å². The summed E-state index contributed by atoms with van der Waals surface area (Å²) in [4.78, 5) is 37.5. The van der Waals surface area contributed by atoms with Crippen LogP contribution in [0.15, 0.2) is 48.7 Å². The van der Waals surface area contributed by atoms with E-state index in [0.29, 0.717) is 31.0 Å². The van der Waals surface area contributed by atoms with Crippen molar-refractivity contribution < 1.29 is 9.59 Å². The maximum absolute atomic E-state index is 12.9. The second kappa shape index (κ2) is 8.31. The molecule has 2 N–H and O–H groups in total. The van der Waals surface area contributed by atoms with E-state index in [1.165, 1.54) is 11.1 Å². The Bertz CT molecular complexity index is 1230. The van der Waals surface area contributed by atoms with Crippen LogP contribution in [0.25, 0.3) is 11.3 Å². The number of nitrogens with two attached hydrogens (primary N) is 1. The lowest BCUT2D eigenvalue weighted by atomic mass is 9.94. The smallest absolute Gasteiger partial charge is 0.248 e. The molecule has 0 radical (unpaired) electrons. The topological polar surface area (TPSA) is 92.4 Å². The molecule has 1 saturated heterocycles. The molecule has 168 valence electrons. The fourth-order valence-electron chi connectivity index (χ4n) is 4.76. The van der Waals surface area contributed by atoms with Gasteiger partial charge in [-0.1, -0.05) is 12.1 Å². The average Bonchev–Trinajstić information content (AvgIpc) is 3.20. The average molecular weight is 442 g/mol. The number of primary amides is 1. The van der Waals surface area contributed by atoms with E-state index >= 15 is 0 Å². The number of amides is 2. The van der Waals surface area contributed by atoms with Gasteiger partial charge in [-0.15, -0.1) is 0 Å². The fraction of sp³-hybridized carbons (Fsp3) is 0.308. The Labute approximate surface area is 193 Å². The number of hydrogen-bond acceptors (Lipinski definition) is 5. The van der Waals surface area contributed by atoms with Gasteiger partial charge in [-0.05, 0) is 55.3 Å². The summed E-state index contributed by atoms with van der Waals surface area (Å²) in [7, 11) is 0. The van der Waals surface area contributed by atoms with Gasteiger partial charge in [0.05, 0.1) is 17.9 Å². The van der Waals surface area contributed by atoms with Crippen LogP contribution in [0.2, 0.25) is 0 Å². The van der Waals surface area contributed by atoms with Crippen LogP contribution in [0, 0.1) is 19.8 Å². The normalized spacial score (nSPS) is 15.3. The van der Waals surface area contributed by atoms with Crippen LogP contribution in [-0.2, 0) is 17.9 Å². The lowest BCUT2D eigenvalue weighted by Gasteiger charge is -2.41. The number of fused-ring (bicyclic) bond motifs is 1. The van der Waals surface area contributed by atoms with Crippen LogP contribution < -0.4 is 10.6 Å². The molecule has 33 heavy (non-hydrogen) atoms. The highest BCUT2D eigenvalue weighted by Gasteiger charge is 2.33. The molecule has 0 unspecified atom stereocenters. The lowest BCUT2D eigenvalue weighted by Crippen LogP contribution is -2.48. The van der Waals surface area contributed by atoms with Gasteiger partial charge in [0.2, 0.25) is 11.8 Å². The molecule has 0 bridgehead atoms. The highest BCUT2D eigenvalue weighted by Crippen LogP contribution is 2.31. The summed E-state index contributed by atoms with van der Waals surface area (Å²) in [6, 6.07) is 13.3. The van der Waals surface area contributed by atoms with Gasteiger partial charge < -0.3 is 15.5 Å². The largest absolute Gasteiger partial charge is 0.371 e. The molecule has 7 heteroatoms. The Morgan fingerprint density at radius 1 is 1.06 bits per heavy atom. The number of aromatic nitrogens is 2. The highest BCUT2D eigenvalue weighted by molar-refractivity contribution is 5.93. The van der Waals surface area contributed by atoms with Crippen molar-refractivity contribution in [1.29, 1.82) is 0 Å². The number of anilines is 1. The Morgan fingerprint density at radius 3 is 2.55 bits per heavy atom. The van der Waals surface area contributed by atoms with E-state index in [-0.39, 0.29) is 5.91 Å². The van der Waals surface area contributed by atoms with Gasteiger partial charge in [0.25, 0.3) is 0 Å². The van der Waals surface area contributed by atoms with Gasteiger partial charge >= 0.3 is 0 Å². The molecular weight excluding hydrogens is 414 g/mol. The second-order valence-corrected chi connectivity index (χ2v) is 9.07. The number of nitrogens with zero attached hydrogens (tertiary/aromatic N) is 4. The summed E-state index contributed by atoms with van der Waals surface area (Å²) < 4.78 is 0. The van der Waals surface area contributed by atoms with E-state index in [2.05, 4.69) is 27.9 Å². The summed E-state index contributed by atoms with van der Waals surface area (Å²) in [5.41, 5.74) is 13.2. The Morgan fingerprint density at radius 2 is 1.82 bits per heavy atom. The molecule has 2 amide bonds. The van der Waals surface area contributed by atoms with E-state index in [1.54, 1.807) is 18.3 Å². The number of benzene rings is 1. The van der Waals surface area contributed by atoms with Gasteiger partial charge in [0.1, 0.15) is 0 Å². The van der Waals surface area contributed by atoms with E-state index in [0.717, 1.165) is 41.4 Å². The van der Waals surface area contributed by atoms with E-state index in [1.807, 2.05) is 36.1 Å². The van der Waals surface area contributed by atoms with Crippen molar-refractivity contribution >= 4 is 17.5 Å². The third-order valence-electron chi connectivity index (χ3n) is 6.60. The molecule has 2 aromatic heterocycles. The molecule has 0 saturated carbocycles. The first kappa shape index (κ1) is 21.1. The molecule has 0 spiro atoms. The predicted molar refractivity (Wildman–Crippen MR) is 126 cm³/mol. The van der Waals surface area contributed by atoms with Crippen LogP contribution >= 0.6 is 0 Å². The zero-order chi connectivity index (χ0) is 23.1. The number of rotatable bonds is 5. The van der Waals surface area contributed by atoms with Crippen LogP contribution in [0.3, 0.4) is 0 Å². The first-order valence-corrected chi connectivity index (χ1v) is 11.2. The molecule has 3 aromatic rings. The SMILES string of the molecule is Cc1cc(C)c2c(n1)CN(C(=O)CC1CN(c3ccnc(-c4ccc(C(N)=O)cc4)c3)C1)C2. The molecule has 0 atom stereocenters. The van der Waals surface area contributed by atoms with Crippen LogP contribution in [0.5, 0.6) is 0 Å². The second-order valence-electron chi connectivity index (χ2n) is 9.07. The fourth-order valence-corrected chi connectivity index (χ4v) is 4.76. The number of pyridine rings is 2. The van der Waals surface area contributed by atoms with Gasteiger partial charge in [0.15, 0.2) is 0 Å². The maximum atomic E-state index is 12.9. The monoisotopic (exact) mass is 441 g/mol. The number of carbonyl (C=O) groups excluding carboxylic acids is 2. The Balaban J connectivity index is 1.18. The van der Waals surface area contributed by atoms with Gasteiger partial charge in [-0.25, -0.2) is 0 Å². The predicted octanol–water partition coefficient (Wildman–Crippen LogP) is 3.23. The first-order chi connectivity index (χ1) is 15.9. The molecule has 4 heterocycles. The third kappa shape index (κ3) is 4.18. The molecule has 1 fully saturated rings. The molecule has 2 aliphatic heterocycles. The summed E-state index contributed by atoms with van der Waals surface area (Å²) in [6.45, 7) is 7.10. The molecule has 0 aliphatic carbocycles. The maximum Gasteiger partial charge on any atom is 0.248 e. The molecule has 5 rings (SSSR count). The quantitative estimate of drug-likeness (QED) is 0.656.